The van der Waals surface area contributed by atoms with Crippen LogP contribution in [0.3, 0.4) is 0 Å². The van der Waals surface area contributed by atoms with Crippen molar-refractivity contribution in [2.45, 2.75) is 64.8 Å². The second-order valence-corrected chi connectivity index (χ2v) is 7.50. The van der Waals surface area contributed by atoms with Crippen LogP contribution >= 0.6 is 0 Å². The molecule has 4 heteroatoms. The fourth-order valence-electron chi connectivity index (χ4n) is 4.13. The van der Waals surface area contributed by atoms with Crippen LogP contribution < -0.4 is 11.1 Å². The van der Waals surface area contributed by atoms with Gasteiger partial charge in [0, 0.05) is 19.8 Å². The minimum Gasteiger partial charge on any atom is -0.381 e. The molecule has 0 spiro atoms. The third-order valence-corrected chi connectivity index (χ3v) is 5.22. The first-order chi connectivity index (χ1) is 10.0. The summed E-state index contributed by atoms with van der Waals surface area (Å²) in [5, 5.41) is 3.16. The van der Waals surface area contributed by atoms with E-state index in [4.69, 9.17) is 10.5 Å². The zero-order valence-electron chi connectivity index (χ0n) is 13.7. The fourth-order valence-corrected chi connectivity index (χ4v) is 4.13. The summed E-state index contributed by atoms with van der Waals surface area (Å²) in [6, 6.07) is -0.369. The Kier molecular flexibility index (Phi) is 6.06. The standard InChI is InChI=1S/C17H32N2O2/c1-13(2)11-17(7-3-4-8-17)12-19-16(20)15(18)14-5-9-21-10-6-14/h13-15H,3-12,18H2,1-2H3,(H,19,20). The van der Waals surface area contributed by atoms with E-state index in [0.717, 1.165) is 32.6 Å². The van der Waals surface area contributed by atoms with Gasteiger partial charge < -0.3 is 15.8 Å². The third kappa shape index (κ3) is 4.68. The highest BCUT2D eigenvalue weighted by Crippen LogP contribution is 2.42. The average molecular weight is 296 g/mol. The first-order valence-corrected chi connectivity index (χ1v) is 8.63. The van der Waals surface area contributed by atoms with Gasteiger partial charge in [0.25, 0.3) is 0 Å². The molecular formula is C17H32N2O2. The van der Waals surface area contributed by atoms with Crippen LogP contribution in [-0.4, -0.2) is 31.7 Å². The van der Waals surface area contributed by atoms with E-state index in [1.807, 2.05) is 0 Å². The molecule has 122 valence electrons. The molecule has 1 aliphatic heterocycles. The molecule has 2 fully saturated rings. The lowest BCUT2D eigenvalue weighted by Gasteiger charge is -2.33. The van der Waals surface area contributed by atoms with Gasteiger partial charge in [0.2, 0.25) is 5.91 Å². The minimum atomic E-state index is -0.369. The SMILES string of the molecule is CC(C)CC1(CNC(=O)C(N)C2CCOCC2)CCCC1. The molecule has 1 atom stereocenters. The second kappa shape index (κ2) is 7.59. The van der Waals surface area contributed by atoms with Crippen molar-refractivity contribution < 1.29 is 9.53 Å². The van der Waals surface area contributed by atoms with Crippen molar-refractivity contribution in [3.8, 4) is 0 Å². The minimum absolute atomic E-state index is 0.0388. The Bertz CT molecular complexity index is 332. The first-order valence-electron chi connectivity index (χ1n) is 8.63. The molecule has 1 unspecified atom stereocenters. The number of nitrogens with one attached hydrogen (secondary N) is 1. The van der Waals surface area contributed by atoms with Gasteiger partial charge in [0.1, 0.15) is 0 Å². The smallest absolute Gasteiger partial charge is 0.237 e. The predicted octanol–water partition coefficient (Wildman–Crippen LogP) is 2.46. The summed E-state index contributed by atoms with van der Waals surface area (Å²) in [6.07, 6.45) is 8.12. The lowest BCUT2D eigenvalue weighted by molar-refractivity contribution is -0.124. The van der Waals surface area contributed by atoms with Gasteiger partial charge in [0.05, 0.1) is 6.04 Å². The average Bonchev–Trinajstić information content (AvgIpc) is 2.93. The largest absolute Gasteiger partial charge is 0.381 e. The van der Waals surface area contributed by atoms with Crippen molar-refractivity contribution in [2.24, 2.45) is 23.0 Å². The van der Waals surface area contributed by atoms with E-state index in [0.29, 0.717) is 11.3 Å². The van der Waals surface area contributed by atoms with Crippen molar-refractivity contribution in [1.82, 2.24) is 5.32 Å². The monoisotopic (exact) mass is 296 g/mol. The van der Waals surface area contributed by atoms with Crippen molar-refractivity contribution in [2.75, 3.05) is 19.8 Å². The number of carbonyl (C=O) groups is 1. The summed E-state index contributed by atoms with van der Waals surface area (Å²) in [5.74, 6) is 1.00. The van der Waals surface area contributed by atoms with Crippen LogP contribution in [0.1, 0.15) is 58.8 Å². The second-order valence-electron chi connectivity index (χ2n) is 7.50. The number of carbonyl (C=O) groups excluding carboxylic acids is 1. The molecule has 2 aliphatic rings. The maximum absolute atomic E-state index is 12.4. The molecule has 2 rings (SSSR count). The molecule has 0 radical (unpaired) electrons. The van der Waals surface area contributed by atoms with E-state index in [9.17, 15) is 4.79 Å². The molecule has 0 aromatic rings. The Morgan fingerprint density at radius 1 is 1.29 bits per heavy atom. The molecule has 1 saturated carbocycles. The van der Waals surface area contributed by atoms with Crippen LogP contribution in [0.25, 0.3) is 0 Å². The Hall–Kier alpha value is -0.610. The van der Waals surface area contributed by atoms with Gasteiger partial charge in [-0.3, -0.25) is 4.79 Å². The van der Waals surface area contributed by atoms with Gasteiger partial charge in [-0.05, 0) is 49.4 Å². The number of ether oxygens (including phenoxy) is 1. The van der Waals surface area contributed by atoms with Crippen molar-refractivity contribution in [1.29, 1.82) is 0 Å². The topological polar surface area (TPSA) is 64.4 Å². The molecule has 1 amide bonds. The van der Waals surface area contributed by atoms with Gasteiger partial charge in [-0.15, -0.1) is 0 Å². The Balaban J connectivity index is 1.83. The van der Waals surface area contributed by atoms with Gasteiger partial charge in [-0.25, -0.2) is 0 Å². The van der Waals surface area contributed by atoms with Crippen LogP contribution in [0.15, 0.2) is 0 Å². The molecule has 1 heterocycles. The van der Waals surface area contributed by atoms with Crippen LogP contribution in [-0.2, 0) is 9.53 Å². The van der Waals surface area contributed by atoms with E-state index in [2.05, 4.69) is 19.2 Å². The van der Waals surface area contributed by atoms with E-state index in [-0.39, 0.29) is 17.9 Å². The third-order valence-electron chi connectivity index (χ3n) is 5.22. The van der Waals surface area contributed by atoms with Crippen molar-refractivity contribution >= 4 is 5.91 Å². The summed E-state index contributed by atoms with van der Waals surface area (Å²) >= 11 is 0. The van der Waals surface area contributed by atoms with Crippen LogP contribution in [0.4, 0.5) is 0 Å². The lowest BCUT2D eigenvalue weighted by atomic mass is 9.78. The molecule has 0 aromatic carbocycles. The van der Waals surface area contributed by atoms with Gasteiger partial charge in [-0.2, -0.15) is 0 Å². The maximum Gasteiger partial charge on any atom is 0.237 e. The molecule has 4 nitrogen and oxygen atoms in total. The zero-order chi connectivity index (χ0) is 15.3. The van der Waals surface area contributed by atoms with Gasteiger partial charge in [-0.1, -0.05) is 26.7 Å². The number of rotatable bonds is 6. The Labute approximate surface area is 129 Å². The molecular weight excluding hydrogens is 264 g/mol. The summed E-state index contributed by atoms with van der Waals surface area (Å²) < 4.78 is 5.34. The molecule has 3 N–H and O–H groups in total. The van der Waals surface area contributed by atoms with Crippen LogP contribution in [0, 0.1) is 17.3 Å². The first kappa shape index (κ1) is 16.8. The zero-order valence-corrected chi connectivity index (χ0v) is 13.7. The maximum atomic E-state index is 12.4. The van der Waals surface area contributed by atoms with Crippen molar-refractivity contribution in [3.05, 3.63) is 0 Å². The van der Waals surface area contributed by atoms with Crippen molar-refractivity contribution in [3.63, 3.8) is 0 Å². The van der Waals surface area contributed by atoms with E-state index < -0.39 is 0 Å². The van der Waals surface area contributed by atoms with E-state index in [1.165, 1.54) is 32.1 Å². The number of nitrogens with two attached hydrogens (primary N) is 1. The quantitative estimate of drug-likeness (QED) is 0.791. The van der Waals surface area contributed by atoms with Gasteiger partial charge in [0.15, 0.2) is 0 Å². The highest BCUT2D eigenvalue weighted by molar-refractivity contribution is 5.81. The summed E-state index contributed by atoms with van der Waals surface area (Å²) in [7, 11) is 0. The predicted molar refractivity (Wildman–Crippen MR) is 84.9 cm³/mol. The van der Waals surface area contributed by atoms with Crippen LogP contribution in [0.5, 0.6) is 0 Å². The summed E-state index contributed by atoms with van der Waals surface area (Å²) in [6.45, 7) is 6.83. The Morgan fingerprint density at radius 3 is 2.48 bits per heavy atom. The van der Waals surface area contributed by atoms with E-state index >= 15 is 0 Å². The van der Waals surface area contributed by atoms with Crippen LogP contribution in [0.2, 0.25) is 0 Å². The molecule has 0 bridgehead atoms. The fraction of sp³-hybridized carbons (Fsp3) is 0.941. The molecule has 0 aromatic heterocycles. The summed E-state index contributed by atoms with van der Waals surface area (Å²) in [5.41, 5.74) is 6.47. The normalized spacial score (nSPS) is 24.2. The number of hydrogen-bond donors (Lipinski definition) is 2. The molecule has 1 saturated heterocycles. The number of amides is 1. The number of hydrogen-bond acceptors (Lipinski definition) is 3. The Morgan fingerprint density at radius 2 is 1.90 bits per heavy atom. The van der Waals surface area contributed by atoms with E-state index in [1.54, 1.807) is 0 Å². The summed E-state index contributed by atoms with van der Waals surface area (Å²) in [4.78, 5) is 12.4. The molecule has 21 heavy (non-hydrogen) atoms. The molecule has 1 aliphatic carbocycles. The highest BCUT2D eigenvalue weighted by atomic mass is 16.5. The van der Waals surface area contributed by atoms with Gasteiger partial charge >= 0.3 is 0 Å². The highest BCUT2D eigenvalue weighted by Gasteiger charge is 2.35. The lowest BCUT2D eigenvalue weighted by Crippen LogP contribution is -2.49.